The van der Waals surface area contributed by atoms with Gasteiger partial charge in [-0.15, -0.1) is 0 Å². The first-order chi connectivity index (χ1) is 12.2. The van der Waals surface area contributed by atoms with Gasteiger partial charge in [-0.05, 0) is 35.4 Å². The number of ether oxygens (including phenoxy) is 1. The molecule has 0 saturated carbocycles. The van der Waals surface area contributed by atoms with E-state index in [0.717, 1.165) is 17.0 Å². The topological polar surface area (TPSA) is 67.9 Å². The SMILES string of the molecule is CC(F)Oc1ccc(C2(c3cc(F)cc(F)c3)N=C(N)N(C)C2=O)cc1. The van der Waals surface area contributed by atoms with Gasteiger partial charge in [0.2, 0.25) is 6.36 Å². The molecule has 2 unspecified atom stereocenters. The highest BCUT2D eigenvalue weighted by Crippen LogP contribution is 2.40. The van der Waals surface area contributed by atoms with Crippen molar-refractivity contribution in [1.82, 2.24) is 4.90 Å². The number of benzene rings is 2. The molecule has 2 N–H and O–H groups in total. The first kappa shape index (κ1) is 17.8. The molecule has 1 aliphatic heterocycles. The second-order valence-corrected chi connectivity index (χ2v) is 5.89. The number of nitrogens with zero attached hydrogens (tertiary/aromatic N) is 2. The highest BCUT2D eigenvalue weighted by Gasteiger charge is 2.49. The maximum absolute atomic E-state index is 13.8. The number of halogens is 3. The molecule has 0 radical (unpaired) electrons. The van der Waals surface area contributed by atoms with Crippen LogP contribution in [0.5, 0.6) is 5.75 Å². The average molecular weight is 363 g/mol. The lowest BCUT2D eigenvalue weighted by Crippen LogP contribution is -2.41. The van der Waals surface area contributed by atoms with Gasteiger partial charge in [0.05, 0.1) is 0 Å². The molecule has 26 heavy (non-hydrogen) atoms. The summed E-state index contributed by atoms with van der Waals surface area (Å²) < 4.78 is 45.5. The molecule has 2 aromatic carbocycles. The summed E-state index contributed by atoms with van der Waals surface area (Å²) in [6.07, 6.45) is -1.51. The smallest absolute Gasteiger partial charge is 0.266 e. The Morgan fingerprint density at radius 1 is 1.12 bits per heavy atom. The molecule has 0 bridgehead atoms. The number of carbonyl (C=O) groups excluding carboxylic acids is 1. The highest BCUT2D eigenvalue weighted by molar-refractivity contribution is 6.08. The molecule has 2 aromatic rings. The summed E-state index contributed by atoms with van der Waals surface area (Å²) in [5.74, 6) is -2.10. The zero-order valence-electron chi connectivity index (χ0n) is 14.0. The summed E-state index contributed by atoms with van der Waals surface area (Å²) in [5.41, 5.74) is 4.37. The number of carbonyl (C=O) groups is 1. The van der Waals surface area contributed by atoms with Crippen molar-refractivity contribution in [3.8, 4) is 5.75 Å². The molecule has 0 aromatic heterocycles. The van der Waals surface area contributed by atoms with Crippen LogP contribution >= 0.6 is 0 Å². The van der Waals surface area contributed by atoms with Crippen molar-refractivity contribution in [3.63, 3.8) is 0 Å². The molecule has 1 heterocycles. The van der Waals surface area contributed by atoms with Crippen molar-refractivity contribution >= 4 is 11.9 Å². The lowest BCUT2D eigenvalue weighted by Gasteiger charge is -2.26. The minimum absolute atomic E-state index is 0.000159. The van der Waals surface area contributed by atoms with Crippen LogP contribution in [0, 0.1) is 11.6 Å². The molecule has 0 spiro atoms. The van der Waals surface area contributed by atoms with Gasteiger partial charge in [-0.2, -0.15) is 0 Å². The normalized spacial score (nSPS) is 20.9. The highest BCUT2D eigenvalue weighted by atomic mass is 19.1. The minimum atomic E-state index is -1.73. The zero-order valence-corrected chi connectivity index (χ0v) is 14.0. The van der Waals surface area contributed by atoms with E-state index in [0.29, 0.717) is 11.6 Å². The fourth-order valence-electron chi connectivity index (χ4n) is 2.91. The molecule has 8 heteroatoms. The van der Waals surface area contributed by atoms with E-state index >= 15 is 0 Å². The van der Waals surface area contributed by atoms with Crippen LogP contribution in [0.1, 0.15) is 18.1 Å². The molecule has 1 aliphatic rings. The predicted octanol–water partition coefficient (Wildman–Crippen LogP) is 2.69. The van der Waals surface area contributed by atoms with Gasteiger partial charge in [0.25, 0.3) is 5.91 Å². The molecule has 136 valence electrons. The van der Waals surface area contributed by atoms with E-state index in [2.05, 4.69) is 4.99 Å². The van der Waals surface area contributed by atoms with Crippen molar-refractivity contribution in [2.45, 2.75) is 18.8 Å². The van der Waals surface area contributed by atoms with Crippen LogP contribution in [0.15, 0.2) is 47.5 Å². The van der Waals surface area contributed by atoms with E-state index < -0.39 is 29.4 Å². The fraction of sp³-hybridized carbons (Fsp3) is 0.222. The third-order valence-corrected chi connectivity index (χ3v) is 4.09. The Morgan fingerprint density at radius 2 is 1.69 bits per heavy atom. The van der Waals surface area contributed by atoms with Gasteiger partial charge >= 0.3 is 0 Å². The Morgan fingerprint density at radius 3 is 2.15 bits per heavy atom. The molecule has 3 rings (SSSR count). The van der Waals surface area contributed by atoms with Gasteiger partial charge in [-0.1, -0.05) is 12.1 Å². The van der Waals surface area contributed by atoms with E-state index in [1.165, 1.54) is 38.2 Å². The second kappa shape index (κ2) is 6.36. The van der Waals surface area contributed by atoms with Crippen molar-refractivity contribution in [3.05, 3.63) is 65.2 Å². The van der Waals surface area contributed by atoms with Gasteiger partial charge in [0.1, 0.15) is 17.4 Å². The number of aliphatic imine (C=N–C) groups is 1. The Labute approximate surface area is 147 Å². The number of amides is 1. The Hall–Kier alpha value is -3.03. The first-order valence-corrected chi connectivity index (χ1v) is 7.75. The number of alkyl halides is 1. The summed E-state index contributed by atoms with van der Waals surface area (Å²) in [7, 11) is 1.42. The molecule has 0 saturated heterocycles. The largest absolute Gasteiger partial charge is 0.461 e. The third-order valence-electron chi connectivity index (χ3n) is 4.09. The molecular formula is C18H16F3N3O2. The molecular weight excluding hydrogens is 347 g/mol. The van der Waals surface area contributed by atoms with Crippen LogP contribution in [0.3, 0.4) is 0 Å². The molecule has 1 amide bonds. The van der Waals surface area contributed by atoms with Crippen LogP contribution in [0.25, 0.3) is 0 Å². The van der Waals surface area contributed by atoms with Crippen molar-refractivity contribution in [1.29, 1.82) is 0 Å². The monoisotopic (exact) mass is 363 g/mol. The maximum Gasteiger partial charge on any atom is 0.266 e. The number of hydrogen-bond acceptors (Lipinski definition) is 4. The molecule has 0 aliphatic carbocycles. The maximum atomic E-state index is 13.8. The Bertz CT molecular complexity index is 864. The van der Waals surface area contributed by atoms with E-state index in [4.69, 9.17) is 10.5 Å². The van der Waals surface area contributed by atoms with E-state index in [1.807, 2.05) is 0 Å². The molecule has 0 fully saturated rings. The summed E-state index contributed by atoms with van der Waals surface area (Å²) in [5, 5.41) is 0. The van der Waals surface area contributed by atoms with E-state index in [1.54, 1.807) is 0 Å². The second-order valence-electron chi connectivity index (χ2n) is 5.89. The van der Waals surface area contributed by atoms with Gasteiger partial charge < -0.3 is 10.5 Å². The van der Waals surface area contributed by atoms with Crippen LogP contribution in [0.2, 0.25) is 0 Å². The fourth-order valence-corrected chi connectivity index (χ4v) is 2.91. The van der Waals surface area contributed by atoms with Crippen LogP contribution in [-0.2, 0) is 10.3 Å². The predicted molar refractivity (Wildman–Crippen MR) is 89.2 cm³/mol. The zero-order chi connectivity index (χ0) is 19.1. The number of nitrogens with two attached hydrogens (primary N) is 1. The molecule has 2 atom stereocenters. The lowest BCUT2D eigenvalue weighted by molar-refractivity contribution is -0.129. The van der Waals surface area contributed by atoms with Gasteiger partial charge in [0, 0.05) is 20.0 Å². The van der Waals surface area contributed by atoms with Crippen molar-refractivity contribution in [2.75, 3.05) is 7.05 Å². The van der Waals surface area contributed by atoms with Gasteiger partial charge in [0.15, 0.2) is 11.5 Å². The lowest BCUT2D eigenvalue weighted by atomic mass is 9.82. The summed E-state index contributed by atoms with van der Waals surface area (Å²) in [6, 6.07) is 8.62. The number of rotatable bonds is 4. The van der Waals surface area contributed by atoms with E-state index in [-0.39, 0.29) is 17.3 Å². The minimum Gasteiger partial charge on any atom is -0.461 e. The first-order valence-electron chi connectivity index (χ1n) is 7.75. The van der Waals surface area contributed by atoms with Gasteiger partial charge in [-0.3, -0.25) is 9.69 Å². The quantitative estimate of drug-likeness (QED) is 0.908. The number of guanidine groups is 1. The number of likely N-dealkylation sites (N-methyl/N-ethyl adjacent to an activating group) is 1. The van der Waals surface area contributed by atoms with Crippen LogP contribution in [-0.4, -0.2) is 30.2 Å². The summed E-state index contributed by atoms with van der Waals surface area (Å²) in [4.78, 5) is 18.2. The summed E-state index contributed by atoms with van der Waals surface area (Å²) >= 11 is 0. The van der Waals surface area contributed by atoms with Crippen molar-refractivity contribution in [2.24, 2.45) is 10.7 Å². The van der Waals surface area contributed by atoms with Crippen LogP contribution in [0.4, 0.5) is 13.2 Å². The third kappa shape index (κ3) is 2.87. The van der Waals surface area contributed by atoms with Gasteiger partial charge in [-0.25, -0.2) is 18.2 Å². The molecule has 5 nitrogen and oxygen atoms in total. The standard InChI is InChI=1S/C18H16F3N3O2/c1-10(19)26-15-5-3-11(4-6-15)18(16(25)24(2)17(22)23-18)12-7-13(20)9-14(21)8-12/h3-10H,1-2H3,(H2,22,23). The average Bonchev–Trinajstić information content (AvgIpc) is 2.79. The Balaban J connectivity index is 2.18. The number of hydrogen-bond donors (Lipinski definition) is 1. The van der Waals surface area contributed by atoms with Crippen molar-refractivity contribution < 1.29 is 22.7 Å². The Kier molecular flexibility index (Phi) is 4.35. The summed E-state index contributed by atoms with van der Waals surface area (Å²) in [6.45, 7) is 1.23. The van der Waals surface area contributed by atoms with E-state index in [9.17, 15) is 18.0 Å². The van der Waals surface area contributed by atoms with Crippen LogP contribution < -0.4 is 10.5 Å².